The average molecular weight is 421 g/mol. The first-order valence-electron chi connectivity index (χ1n) is 11.2. The van der Waals surface area contributed by atoms with Gasteiger partial charge >= 0.3 is 0 Å². The van der Waals surface area contributed by atoms with Crippen LogP contribution in [-0.2, 0) is 4.74 Å². The number of benzene rings is 1. The van der Waals surface area contributed by atoms with Crippen molar-refractivity contribution in [1.82, 2.24) is 4.90 Å². The van der Waals surface area contributed by atoms with Crippen LogP contribution in [-0.4, -0.2) is 61.5 Å². The second-order valence-corrected chi connectivity index (χ2v) is 10.9. The number of β-amino-alcohol motifs (C(OH)–C–C–N with tert-alkyl or cyclic N) is 1. The first kappa shape index (κ1) is 21.4. The van der Waals surface area contributed by atoms with Crippen LogP contribution >= 0.6 is 11.6 Å². The van der Waals surface area contributed by atoms with Crippen LogP contribution in [0.5, 0.6) is 0 Å². The molecule has 1 saturated heterocycles. The Bertz CT molecular complexity index is 727. The summed E-state index contributed by atoms with van der Waals surface area (Å²) in [5.74, 6) is 0.776. The summed E-state index contributed by atoms with van der Waals surface area (Å²) in [7, 11) is 0. The zero-order valence-corrected chi connectivity index (χ0v) is 19.2. The van der Waals surface area contributed by atoms with Crippen LogP contribution in [0.1, 0.15) is 45.6 Å². The van der Waals surface area contributed by atoms with E-state index in [1.54, 1.807) is 0 Å². The molecule has 1 heterocycles. The van der Waals surface area contributed by atoms with Gasteiger partial charge in [0.2, 0.25) is 0 Å². The van der Waals surface area contributed by atoms with Gasteiger partial charge < -0.3 is 14.7 Å². The van der Waals surface area contributed by atoms with E-state index in [0.717, 1.165) is 37.1 Å². The summed E-state index contributed by atoms with van der Waals surface area (Å²) in [4.78, 5) is 4.76. The molecule has 3 aliphatic rings. The fourth-order valence-electron chi connectivity index (χ4n) is 6.32. The maximum atomic E-state index is 10.7. The zero-order chi connectivity index (χ0) is 20.8. The topological polar surface area (TPSA) is 35.9 Å². The van der Waals surface area contributed by atoms with Crippen molar-refractivity contribution in [3.05, 3.63) is 28.8 Å². The number of aryl methyl sites for hydroxylation is 1. The van der Waals surface area contributed by atoms with Crippen molar-refractivity contribution in [2.24, 2.45) is 16.7 Å². The van der Waals surface area contributed by atoms with Gasteiger partial charge in [0.05, 0.1) is 18.8 Å². The summed E-state index contributed by atoms with van der Waals surface area (Å²) in [5, 5.41) is 11.4. The molecule has 1 aliphatic heterocycles. The second kappa shape index (κ2) is 8.03. The zero-order valence-electron chi connectivity index (χ0n) is 18.5. The fourth-order valence-corrected chi connectivity index (χ4v) is 6.49. The molecule has 4 nitrogen and oxygen atoms in total. The molecule has 5 heteroatoms. The van der Waals surface area contributed by atoms with Crippen molar-refractivity contribution in [3.63, 3.8) is 0 Å². The van der Waals surface area contributed by atoms with Crippen molar-refractivity contribution in [2.45, 2.75) is 59.2 Å². The third-order valence-electron chi connectivity index (χ3n) is 7.95. The highest BCUT2D eigenvalue weighted by Gasteiger charge is 2.60. The summed E-state index contributed by atoms with van der Waals surface area (Å²) in [6.07, 6.45) is 3.74. The number of anilines is 1. The lowest BCUT2D eigenvalue weighted by Gasteiger charge is -2.43. The number of piperazine rings is 1. The lowest BCUT2D eigenvalue weighted by atomic mass is 9.70. The van der Waals surface area contributed by atoms with E-state index in [1.807, 2.05) is 6.07 Å². The number of halogens is 1. The summed E-state index contributed by atoms with van der Waals surface area (Å²) in [5.41, 5.74) is 3.02. The lowest BCUT2D eigenvalue weighted by molar-refractivity contribution is -0.113. The first-order valence-corrected chi connectivity index (χ1v) is 11.6. The normalized spacial score (nSPS) is 32.7. The van der Waals surface area contributed by atoms with E-state index >= 15 is 0 Å². The molecule has 29 heavy (non-hydrogen) atoms. The van der Waals surface area contributed by atoms with Crippen LogP contribution in [0.2, 0.25) is 5.02 Å². The molecule has 4 atom stereocenters. The third kappa shape index (κ3) is 4.19. The van der Waals surface area contributed by atoms with Crippen molar-refractivity contribution in [2.75, 3.05) is 44.2 Å². The lowest BCUT2D eigenvalue weighted by Crippen LogP contribution is -2.50. The van der Waals surface area contributed by atoms with Crippen LogP contribution < -0.4 is 4.90 Å². The molecule has 0 amide bonds. The van der Waals surface area contributed by atoms with Gasteiger partial charge in [-0.2, -0.15) is 0 Å². The molecule has 4 rings (SSSR count). The Morgan fingerprint density at radius 1 is 1.21 bits per heavy atom. The molecular formula is C24H37ClN2O2. The Kier molecular flexibility index (Phi) is 5.93. The standard InChI is InChI=1S/C24H37ClN2O2/c1-17-5-6-19(25)13-21(17)27-11-9-26(10-12-27)15-20(28)16-29-22-23(2,3)18-7-8-24(22,4)14-18/h5-6,13,18,20,22,28H,7-12,14-16H2,1-4H3/t18-,20-,22+,24-/m1/s1. The first-order chi connectivity index (χ1) is 13.7. The van der Waals surface area contributed by atoms with Crippen LogP contribution in [0.25, 0.3) is 0 Å². The van der Waals surface area contributed by atoms with Crippen LogP contribution in [0.4, 0.5) is 5.69 Å². The number of rotatable bonds is 6. The van der Waals surface area contributed by atoms with Gasteiger partial charge in [0.15, 0.2) is 0 Å². The van der Waals surface area contributed by atoms with E-state index in [2.05, 4.69) is 49.6 Å². The summed E-state index contributed by atoms with van der Waals surface area (Å²) >= 11 is 6.19. The fraction of sp³-hybridized carbons (Fsp3) is 0.750. The van der Waals surface area contributed by atoms with Gasteiger partial charge in [-0.3, -0.25) is 4.90 Å². The molecule has 1 aromatic rings. The maximum absolute atomic E-state index is 10.7. The molecule has 1 N–H and O–H groups in total. The van der Waals surface area contributed by atoms with Gasteiger partial charge in [-0.1, -0.05) is 38.4 Å². The molecule has 0 spiro atoms. The van der Waals surface area contributed by atoms with Gasteiger partial charge in [-0.05, 0) is 60.6 Å². The number of fused-ring (bicyclic) bond motifs is 2. The average Bonchev–Trinajstić information content (AvgIpc) is 3.15. The second-order valence-electron chi connectivity index (χ2n) is 10.5. The predicted molar refractivity (Wildman–Crippen MR) is 120 cm³/mol. The smallest absolute Gasteiger partial charge is 0.0900 e. The number of aliphatic hydroxyl groups excluding tert-OH is 1. The number of nitrogens with zero attached hydrogens (tertiary/aromatic N) is 2. The maximum Gasteiger partial charge on any atom is 0.0900 e. The minimum Gasteiger partial charge on any atom is -0.389 e. The minimum absolute atomic E-state index is 0.229. The largest absolute Gasteiger partial charge is 0.389 e. The van der Waals surface area contributed by atoms with Crippen LogP contribution in [0.15, 0.2) is 18.2 Å². The summed E-state index contributed by atoms with van der Waals surface area (Å²) < 4.78 is 6.38. The number of ether oxygens (including phenoxy) is 1. The third-order valence-corrected chi connectivity index (χ3v) is 8.18. The van der Waals surface area contributed by atoms with Gasteiger partial charge in [0.25, 0.3) is 0 Å². The van der Waals surface area contributed by atoms with E-state index in [4.69, 9.17) is 16.3 Å². The Balaban J connectivity index is 1.25. The quantitative estimate of drug-likeness (QED) is 0.741. The SMILES string of the molecule is Cc1ccc(Cl)cc1N1CCN(C[C@@H](O)CO[C@H]2C(C)(C)[C@@H]3CC[C@]2(C)C3)CC1. The molecule has 0 aromatic heterocycles. The van der Waals surface area contributed by atoms with E-state index < -0.39 is 6.10 Å². The van der Waals surface area contributed by atoms with E-state index in [-0.39, 0.29) is 11.5 Å². The van der Waals surface area contributed by atoms with Crippen molar-refractivity contribution in [1.29, 1.82) is 0 Å². The van der Waals surface area contributed by atoms with Crippen LogP contribution in [0, 0.1) is 23.7 Å². The van der Waals surface area contributed by atoms with Crippen molar-refractivity contribution >= 4 is 17.3 Å². The highest BCUT2D eigenvalue weighted by Crippen LogP contribution is 2.63. The molecule has 162 valence electrons. The molecule has 3 fully saturated rings. The number of hydrogen-bond acceptors (Lipinski definition) is 4. The Morgan fingerprint density at radius 3 is 2.59 bits per heavy atom. The molecular weight excluding hydrogens is 384 g/mol. The highest BCUT2D eigenvalue weighted by atomic mass is 35.5. The highest BCUT2D eigenvalue weighted by molar-refractivity contribution is 6.30. The molecule has 2 saturated carbocycles. The summed E-state index contributed by atoms with van der Waals surface area (Å²) in [6.45, 7) is 14.2. The minimum atomic E-state index is -0.423. The molecule has 2 aliphatic carbocycles. The van der Waals surface area contributed by atoms with Crippen molar-refractivity contribution < 1.29 is 9.84 Å². The Morgan fingerprint density at radius 2 is 1.93 bits per heavy atom. The predicted octanol–water partition coefficient (Wildman–Crippen LogP) is 4.36. The Hall–Kier alpha value is -0.810. The van der Waals surface area contributed by atoms with Crippen LogP contribution in [0.3, 0.4) is 0 Å². The van der Waals surface area contributed by atoms with E-state index in [9.17, 15) is 5.11 Å². The van der Waals surface area contributed by atoms with E-state index in [0.29, 0.717) is 18.6 Å². The van der Waals surface area contributed by atoms with Gasteiger partial charge in [0.1, 0.15) is 0 Å². The molecule has 1 aromatic carbocycles. The van der Waals surface area contributed by atoms with Gasteiger partial charge in [-0.25, -0.2) is 0 Å². The molecule has 2 bridgehead atoms. The number of hydrogen-bond donors (Lipinski definition) is 1. The Labute approximate surface area is 181 Å². The van der Waals surface area contributed by atoms with E-state index in [1.165, 1.54) is 30.5 Å². The number of aliphatic hydroxyl groups is 1. The van der Waals surface area contributed by atoms with Crippen molar-refractivity contribution in [3.8, 4) is 0 Å². The monoisotopic (exact) mass is 420 g/mol. The molecule has 0 radical (unpaired) electrons. The summed E-state index contributed by atoms with van der Waals surface area (Å²) in [6, 6.07) is 6.10. The van der Waals surface area contributed by atoms with Gasteiger partial charge in [-0.15, -0.1) is 0 Å². The molecule has 0 unspecified atom stereocenters. The van der Waals surface area contributed by atoms with Gasteiger partial charge in [0, 0.05) is 43.4 Å².